The van der Waals surface area contributed by atoms with Gasteiger partial charge in [-0.3, -0.25) is 14.9 Å². The maximum Gasteiger partial charge on any atom is 0.311 e. The molecule has 1 aliphatic heterocycles. The molecular weight excluding hydrogens is 272 g/mol. The number of aromatic nitrogens is 1. The van der Waals surface area contributed by atoms with Crippen molar-refractivity contribution in [2.45, 2.75) is 6.42 Å². The molecule has 0 radical (unpaired) electrons. The third-order valence-electron chi connectivity index (χ3n) is 2.99. The van der Waals surface area contributed by atoms with E-state index >= 15 is 0 Å². The van der Waals surface area contributed by atoms with Gasteiger partial charge < -0.3 is 9.80 Å². The minimum Gasteiger partial charge on any atom is -0.344 e. The number of amides is 1. The molecule has 1 aliphatic rings. The number of anilines is 1. The first-order valence-electron chi connectivity index (χ1n) is 5.79. The van der Waals surface area contributed by atoms with Crippen LogP contribution in [0.25, 0.3) is 0 Å². The number of nitrogens with zero attached hydrogens (tertiary/aromatic N) is 4. The summed E-state index contributed by atoms with van der Waals surface area (Å²) in [6.45, 7) is 1.23. The molecule has 0 bridgehead atoms. The number of halogens is 1. The summed E-state index contributed by atoms with van der Waals surface area (Å²) in [5.74, 6) is 0.0646. The van der Waals surface area contributed by atoms with Crippen LogP contribution in [0, 0.1) is 10.1 Å². The van der Waals surface area contributed by atoms with Crippen LogP contribution in [-0.2, 0) is 4.79 Å². The van der Waals surface area contributed by atoms with E-state index in [4.69, 9.17) is 11.6 Å². The van der Waals surface area contributed by atoms with Crippen molar-refractivity contribution in [1.82, 2.24) is 9.88 Å². The molecule has 19 heavy (non-hydrogen) atoms. The average molecular weight is 285 g/mol. The first-order valence-corrected chi connectivity index (χ1v) is 6.16. The number of rotatable bonds is 2. The molecule has 1 fully saturated rings. The molecule has 2 heterocycles. The van der Waals surface area contributed by atoms with E-state index in [0.717, 1.165) is 6.42 Å². The molecule has 0 atom stereocenters. The molecule has 102 valence electrons. The van der Waals surface area contributed by atoms with E-state index in [9.17, 15) is 14.9 Å². The van der Waals surface area contributed by atoms with Crippen molar-refractivity contribution < 1.29 is 9.72 Å². The lowest BCUT2D eigenvalue weighted by Crippen LogP contribution is -2.35. The smallest absolute Gasteiger partial charge is 0.311 e. The predicted octanol–water partition coefficient (Wildman–Crippen LogP) is 1.31. The Bertz CT molecular complexity index is 523. The molecular formula is C11H13ClN4O3. The van der Waals surface area contributed by atoms with Crippen molar-refractivity contribution in [3.63, 3.8) is 0 Å². The molecule has 7 nitrogen and oxygen atoms in total. The fourth-order valence-electron chi connectivity index (χ4n) is 1.96. The van der Waals surface area contributed by atoms with Crippen LogP contribution in [0.5, 0.6) is 0 Å². The van der Waals surface area contributed by atoms with E-state index in [1.54, 1.807) is 16.8 Å². The van der Waals surface area contributed by atoms with Crippen molar-refractivity contribution in [2.75, 3.05) is 31.6 Å². The fraction of sp³-hybridized carbons (Fsp3) is 0.455. The largest absolute Gasteiger partial charge is 0.344 e. The normalized spacial score (nSPS) is 16.4. The standard InChI is InChI=1S/C11H13ClN4O3/c1-14-5-2-6-15(7-10(14)17)11-8(16(18)19)3-4-9(12)13-11/h3-4H,2,5-7H2,1H3. The minimum absolute atomic E-state index is 0.0741. The summed E-state index contributed by atoms with van der Waals surface area (Å²) in [4.78, 5) is 29.5. The Morgan fingerprint density at radius 1 is 1.42 bits per heavy atom. The van der Waals surface area contributed by atoms with E-state index in [1.807, 2.05) is 0 Å². The Morgan fingerprint density at radius 2 is 2.16 bits per heavy atom. The number of hydrogen-bond donors (Lipinski definition) is 0. The summed E-state index contributed by atoms with van der Waals surface area (Å²) in [5, 5.41) is 11.2. The van der Waals surface area contributed by atoms with E-state index in [-0.39, 0.29) is 29.1 Å². The quantitative estimate of drug-likeness (QED) is 0.465. The Kier molecular flexibility index (Phi) is 3.84. The highest BCUT2D eigenvalue weighted by molar-refractivity contribution is 6.29. The van der Waals surface area contributed by atoms with Crippen LogP contribution in [0.4, 0.5) is 11.5 Å². The molecule has 0 aromatic carbocycles. The number of carbonyl (C=O) groups excluding carboxylic acids is 1. The predicted molar refractivity (Wildman–Crippen MR) is 70.4 cm³/mol. The zero-order chi connectivity index (χ0) is 14.0. The highest BCUT2D eigenvalue weighted by Crippen LogP contribution is 2.28. The van der Waals surface area contributed by atoms with Gasteiger partial charge in [0.15, 0.2) is 0 Å². The summed E-state index contributed by atoms with van der Waals surface area (Å²) in [6.07, 6.45) is 0.730. The van der Waals surface area contributed by atoms with E-state index < -0.39 is 4.92 Å². The van der Waals surface area contributed by atoms with Crippen LogP contribution in [0.2, 0.25) is 5.15 Å². The lowest BCUT2D eigenvalue weighted by atomic mass is 10.3. The first kappa shape index (κ1) is 13.5. The van der Waals surface area contributed by atoms with Crippen LogP contribution in [-0.4, -0.2) is 47.4 Å². The summed E-state index contributed by atoms with van der Waals surface area (Å²) in [5.41, 5.74) is -0.137. The third kappa shape index (κ3) is 2.93. The molecule has 2 rings (SSSR count). The molecule has 0 aliphatic carbocycles. The van der Waals surface area contributed by atoms with Gasteiger partial charge in [0.25, 0.3) is 0 Å². The number of likely N-dealkylation sites (N-methyl/N-ethyl adjacent to an activating group) is 1. The summed E-state index contributed by atoms with van der Waals surface area (Å²) in [7, 11) is 1.71. The Balaban J connectivity index is 2.37. The molecule has 8 heteroatoms. The molecule has 1 aromatic heterocycles. The fourth-order valence-corrected chi connectivity index (χ4v) is 2.10. The molecule has 1 amide bonds. The monoisotopic (exact) mass is 284 g/mol. The van der Waals surface area contributed by atoms with E-state index in [2.05, 4.69) is 4.98 Å². The number of nitro groups is 1. The highest BCUT2D eigenvalue weighted by Gasteiger charge is 2.26. The first-order chi connectivity index (χ1) is 8.99. The molecule has 0 saturated carbocycles. The van der Waals surface area contributed by atoms with Crippen LogP contribution in [0.15, 0.2) is 12.1 Å². The van der Waals surface area contributed by atoms with Crippen LogP contribution >= 0.6 is 11.6 Å². The van der Waals surface area contributed by atoms with Crippen molar-refractivity contribution in [3.8, 4) is 0 Å². The molecule has 1 aromatic rings. The molecule has 0 spiro atoms. The second kappa shape index (κ2) is 5.40. The minimum atomic E-state index is -0.516. The number of pyridine rings is 1. The third-order valence-corrected chi connectivity index (χ3v) is 3.20. The van der Waals surface area contributed by atoms with Crippen LogP contribution in [0.3, 0.4) is 0 Å². The highest BCUT2D eigenvalue weighted by atomic mass is 35.5. The van der Waals surface area contributed by atoms with Crippen molar-refractivity contribution in [2.24, 2.45) is 0 Å². The molecule has 1 saturated heterocycles. The lowest BCUT2D eigenvalue weighted by Gasteiger charge is -2.20. The Hall–Kier alpha value is -1.89. The van der Waals surface area contributed by atoms with Crippen molar-refractivity contribution in [3.05, 3.63) is 27.4 Å². The number of hydrogen-bond acceptors (Lipinski definition) is 5. The summed E-state index contributed by atoms with van der Waals surface area (Å²) >= 11 is 5.79. The van der Waals surface area contributed by atoms with Gasteiger partial charge in [-0.25, -0.2) is 4.98 Å². The molecule has 0 N–H and O–H groups in total. The maximum absolute atomic E-state index is 11.8. The zero-order valence-electron chi connectivity index (χ0n) is 10.4. The Labute approximate surface area is 114 Å². The van der Waals surface area contributed by atoms with E-state index in [1.165, 1.54) is 12.1 Å². The van der Waals surface area contributed by atoms with Crippen molar-refractivity contribution in [1.29, 1.82) is 0 Å². The van der Waals surface area contributed by atoms with Gasteiger partial charge in [0.2, 0.25) is 11.7 Å². The SMILES string of the molecule is CN1CCCN(c2nc(Cl)ccc2[N+](=O)[O-])CC1=O. The second-order valence-corrected chi connectivity index (χ2v) is 4.71. The van der Waals surface area contributed by atoms with Gasteiger partial charge in [-0.05, 0) is 12.5 Å². The van der Waals surface area contributed by atoms with Gasteiger partial charge in [0.1, 0.15) is 5.15 Å². The van der Waals surface area contributed by atoms with Crippen LogP contribution in [0.1, 0.15) is 6.42 Å². The topological polar surface area (TPSA) is 79.6 Å². The zero-order valence-corrected chi connectivity index (χ0v) is 11.1. The lowest BCUT2D eigenvalue weighted by molar-refractivity contribution is -0.384. The average Bonchev–Trinajstić information content (AvgIpc) is 2.51. The van der Waals surface area contributed by atoms with Crippen LogP contribution < -0.4 is 4.90 Å². The summed E-state index contributed by atoms with van der Waals surface area (Å²) < 4.78 is 0. The molecule has 0 unspecified atom stereocenters. The van der Waals surface area contributed by atoms with Gasteiger partial charge in [0.05, 0.1) is 11.5 Å². The van der Waals surface area contributed by atoms with Gasteiger partial charge in [-0.2, -0.15) is 0 Å². The van der Waals surface area contributed by atoms with Gasteiger partial charge in [-0.15, -0.1) is 0 Å². The summed E-state index contributed by atoms with van der Waals surface area (Å²) in [6, 6.07) is 2.68. The van der Waals surface area contributed by atoms with E-state index in [0.29, 0.717) is 13.1 Å². The Morgan fingerprint density at radius 3 is 2.84 bits per heavy atom. The van der Waals surface area contributed by atoms with Gasteiger partial charge in [0, 0.05) is 26.2 Å². The van der Waals surface area contributed by atoms with Crippen molar-refractivity contribution >= 4 is 29.0 Å². The van der Waals surface area contributed by atoms with Gasteiger partial charge in [-0.1, -0.05) is 11.6 Å². The van der Waals surface area contributed by atoms with Gasteiger partial charge >= 0.3 is 5.69 Å². The second-order valence-electron chi connectivity index (χ2n) is 4.32. The number of carbonyl (C=O) groups is 1. The maximum atomic E-state index is 11.8.